The van der Waals surface area contributed by atoms with E-state index < -0.39 is 24.7 Å². The average Bonchev–Trinajstić information content (AvgIpc) is 3.29. The number of carbonyl (C=O) groups is 2. The number of aromatic nitrogens is 1. The van der Waals surface area contributed by atoms with Crippen LogP contribution in [0.25, 0.3) is 10.9 Å². The van der Waals surface area contributed by atoms with Gasteiger partial charge in [0.2, 0.25) is 5.91 Å². The third-order valence-corrected chi connectivity index (χ3v) is 5.54. The zero-order chi connectivity index (χ0) is 25.3. The van der Waals surface area contributed by atoms with Crippen LogP contribution in [-0.2, 0) is 29.1 Å². The summed E-state index contributed by atoms with van der Waals surface area (Å²) in [7, 11) is 0. The Labute approximate surface area is 206 Å². The van der Waals surface area contributed by atoms with E-state index in [1.807, 2.05) is 60.8 Å². The summed E-state index contributed by atoms with van der Waals surface area (Å²) in [6, 6.07) is 21.9. The van der Waals surface area contributed by atoms with Crippen LogP contribution in [0, 0.1) is 0 Å². The van der Waals surface area contributed by atoms with Crippen LogP contribution in [-0.4, -0.2) is 29.6 Å². The van der Waals surface area contributed by atoms with Crippen molar-refractivity contribution in [3.63, 3.8) is 0 Å². The second kappa shape index (κ2) is 11.8. The molecule has 0 aliphatic rings. The monoisotopic (exact) mass is 493 g/mol. The predicted molar refractivity (Wildman–Crippen MR) is 130 cm³/mol. The average molecular weight is 494 g/mol. The largest absolute Gasteiger partial charge is 0.445 e. The molecule has 9 heteroatoms. The third kappa shape index (κ3) is 6.82. The molecule has 7 nitrogen and oxygen atoms in total. The van der Waals surface area contributed by atoms with Crippen molar-refractivity contribution in [1.82, 2.24) is 15.6 Å². The first-order valence-electron chi connectivity index (χ1n) is 11.3. The topological polar surface area (TPSA) is 92.5 Å². The minimum absolute atomic E-state index is 0.0279. The molecule has 0 saturated heterocycles. The van der Waals surface area contributed by atoms with E-state index in [2.05, 4.69) is 20.4 Å². The van der Waals surface area contributed by atoms with E-state index in [1.54, 1.807) is 12.1 Å². The van der Waals surface area contributed by atoms with E-state index in [-0.39, 0.29) is 25.3 Å². The number of para-hydroxylation sites is 1. The number of rotatable bonds is 10. The van der Waals surface area contributed by atoms with Gasteiger partial charge in [-0.15, -0.1) is 0 Å². The molecule has 0 bridgehead atoms. The number of amides is 2. The molecular formula is C27H25F2N3O4. The van der Waals surface area contributed by atoms with Gasteiger partial charge in [0.25, 0.3) is 0 Å². The van der Waals surface area contributed by atoms with Crippen LogP contribution < -0.4 is 15.4 Å². The van der Waals surface area contributed by atoms with E-state index in [4.69, 9.17) is 4.74 Å². The summed E-state index contributed by atoms with van der Waals surface area (Å²) in [5.74, 6) is -0.384. The lowest BCUT2D eigenvalue weighted by molar-refractivity contribution is -0.123. The molecule has 1 atom stereocenters. The van der Waals surface area contributed by atoms with Gasteiger partial charge in [0.05, 0.1) is 0 Å². The van der Waals surface area contributed by atoms with E-state index in [0.717, 1.165) is 22.0 Å². The van der Waals surface area contributed by atoms with Gasteiger partial charge in [-0.05, 0) is 34.9 Å². The number of alkyl carbamates (subject to hydrolysis) is 1. The van der Waals surface area contributed by atoms with Crippen molar-refractivity contribution in [2.75, 3.05) is 0 Å². The molecule has 186 valence electrons. The molecule has 1 aromatic heterocycles. The Kier molecular flexibility index (Phi) is 8.12. The summed E-state index contributed by atoms with van der Waals surface area (Å²) < 4.78 is 34.3. The van der Waals surface area contributed by atoms with Crippen LogP contribution in [0.4, 0.5) is 13.6 Å². The molecule has 2 amide bonds. The molecule has 0 aliphatic carbocycles. The minimum atomic E-state index is -2.91. The van der Waals surface area contributed by atoms with Gasteiger partial charge >= 0.3 is 12.7 Å². The lowest BCUT2D eigenvalue weighted by Crippen LogP contribution is -2.48. The highest BCUT2D eigenvalue weighted by atomic mass is 19.3. The molecule has 0 radical (unpaired) electrons. The Bertz CT molecular complexity index is 1290. The number of halogens is 2. The van der Waals surface area contributed by atoms with Crippen LogP contribution in [0.5, 0.6) is 5.75 Å². The molecule has 0 saturated carbocycles. The Morgan fingerprint density at radius 2 is 1.61 bits per heavy atom. The van der Waals surface area contributed by atoms with Crippen molar-refractivity contribution < 1.29 is 27.8 Å². The number of fused-ring (bicyclic) bond motifs is 1. The molecule has 1 heterocycles. The van der Waals surface area contributed by atoms with Crippen molar-refractivity contribution in [3.05, 3.63) is 102 Å². The third-order valence-electron chi connectivity index (χ3n) is 5.54. The summed E-state index contributed by atoms with van der Waals surface area (Å²) in [6.45, 7) is -2.70. The molecule has 36 heavy (non-hydrogen) atoms. The normalized spacial score (nSPS) is 11.8. The fraction of sp³-hybridized carbons (Fsp3) is 0.185. The van der Waals surface area contributed by atoms with Crippen molar-refractivity contribution in [2.24, 2.45) is 0 Å². The van der Waals surface area contributed by atoms with Gasteiger partial charge in [-0.2, -0.15) is 8.78 Å². The second-order valence-corrected chi connectivity index (χ2v) is 8.06. The van der Waals surface area contributed by atoms with Gasteiger partial charge in [-0.3, -0.25) is 4.79 Å². The van der Waals surface area contributed by atoms with Gasteiger partial charge in [0, 0.05) is 30.1 Å². The number of aromatic amines is 1. The zero-order valence-electron chi connectivity index (χ0n) is 19.2. The van der Waals surface area contributed by atoms with Gasteiger partial charge in [-0.1, -0.05) is 60.7 Å². The van der Waals surface area contributed by atoms with Crippen molar-refractivity contribution >= 4 is 22.9 Å². The molecule has 0 unspecified atom stereocenters. The van der Waals surface area contributed by atoms with Gasteiger partial charge in [0.15, 0.2) is 0 Å². The Hall–Kier alpha value is -4.40. The molecule has 4 aromatic rings. The maximum atomic E-state index is 13.1. The molecule has 3 aromatic carbocycles. The smallest absolute Gasteiger partial charge is 0.408 e. The highest BCUT2D eigenvalue weighted by Crippen LogP contribution is 2.20. The highest BCUT2D eigenvalue weighted by Gasteiger charge is 2.23. The summed E-state index contributed by atoms with van der Waals surface area (Å²) in [4.78, 5) is 28.8. The quantitative estimate of drug-likeness (QED) is 0.292. The minimum Gasteiger partial charge on any atom is -0.445 e. The fourth-order valence-electron chi connectivity index (χ4n) is 3.74. The molecule has 0 spiro atoms. The summed E-state index contributed by atoms with van der Waals surface area (Å²) >= 11 is 0. The second-order valence-electron chi connectivity index (χ2n) is 8.06. The maximum Gasteiger partial charge on any atom is 0.408 e. The summed E-state index contributed by atoms with van der Waals surface area (Å²) in [5, 5.41) is 6.41. The number of H-pyrrole nitrogens is 1. The Balaban J connectivity index is 1.42. The van der Waals surface area contributed by atoms with Crippen LogP contribution >= 0.6 is 0 Å². The number of alkyl halides is 2. The van der Waals surface area contributed by atoms with Crippen molar-refractivity contribution in [3.8, 4) is 5.75 Å². The lowest BCUT2D eigenvalue weighted by Gasteiger charge is -2.18. The summed E-state index contributed by atoms with van der Waals surface area (Å²) in [5.41, 5.74) is 3.29. The molecule has 4 rings (SSSR count). The van der Waals surface area contributed by atoms with Crippen molar-refractivity contribution in [2.45, 2.75) is 32.2 Å². The standard InChI is InChI=1S/C27H25F2N3O4/c28-26(29)36-21-12-10-18(11-13-21)15-31-25(33)24(14-20-16-30-23-9-5-4-8-22(20)23)32-27(34)35-17-19-6-2-1-3-7-19/h1-13,16,24,26,30H,14-15,17H2,(H,31,33)(H,32,34)/t24-/m0/s1. The van der Waals surface area contributed by atoms with E-state index in [0.29, 0.717) is 5.56 Å². The van der Waals surface area contributed by atoms with E-state index >= 15 is 0 Å². The zero-order valence-corrected chi connectivity index (χ0v) is 19.2. The fourth-order valence-corrected chi connectivity index (χ4v) is 3.74. The lowest BCUT2D eigenvalue weighted by atomic mass is 10.0. The van der Waals surface area contributed by atoms with Crippen molar-refractivity contribution in [1.29, 1.82) is 0 Å². The molecular weight excluding hydrogens is 468 g/mol. The molecule has 0 aliphatic heterocycles. The first-order chi connectivity index (χ1) is 17.5. The number of carbonyl (C=O) groups excluding carboxylic acids is 2. The summed E-state index contributed by atoms with van der Waals surface area (Å²) in [6.07, 6.45) is 1.33. The number of hydrogen-bond donors (Lipinski definition) is 3. The van der Waals surface area contributed by atoms with Gasteiger partial charge in [0.1, 0.15) is 18.4 Å². The molecule has 3 N–H and O–H groups in total. The first-order valence-corrected chi connectivity index (χ1v) is 11.3. The maximum absolute atomic E-state index is 13.1. The van der Waals surface area contributed by atoms with E-state index in [9.17, 15) is 18.4 Å². The highest BCUT2D eigenvalue weighted by molar-refractivity contribution is 5.88. The first kappa shape index (κ1) is 24.7. The van der Waals surface area contributed by atoms with Crippen LogP contribution in [0.15, 0.2) is 85.1 Å². The number of ether oxygens (including phenoxy) is 2. The van der Waals surface area contributed by atoms with Gasteiger partial charge < -0.3 is 25.1 Å². The molecule has 0 fully saturated rings. The number of benzene rings is 3. The van der Waals surface area contributed by atoms with Crippen LogP contribution in [0.2, 0.25) is 0 Å². The van der Waals surface area contributed by atoms with E-state index in [1.165, 1.54) is 12.1 Å². The Morgan fingerprint density at radius 3 is 2.36 bits per heavy atom. The van der Waals surface area contributed by atoms with Crippen LogP contribution in [0.1, 0.15) is 16.7 Å². The Morgan fingerprint density at radius 1 is 0.889 bits per heavy atom. The number of nitrogens with one attached hydrogen (secondary N) is 3. The number of hydrogen-bond acceptors (Lipinski definition) is 4. The predicted octanol–water partition coefficient (Wildman–Crippen LogP) is 4.92. The SMILES string of the molecule is O=C(N[C@@H](Cc1c[nH]c2ccccc12)C(=O)NCc1ccc(OC(F)F)cc1)OCc1ccccc1. The van der Waals surface area contributed by atoms with Gasteiger partial charge in [-0.25, -0.2) is 4.79 Å². The van der Waals surface area contributed by atoms with Crippen LogP contribution in [0.3, 0.4) is 0 Å².